The number of likely N-dealkylation sites (tertiary alicyclic amines) is 1. The molecule has 0 unspecified atom stereocenters. The molecule has 7 heteroatoms. The first-order valence-electron chi connectivity index (χ1n) is 11.1. The molecule has 1 heterocycles. The normalized spacial score (nSPS) is 17.0. The molecule has 0 aromatic carbocycles. The highest BCUT2D eigenvalue weighted by Crippen LogP contribution is 2.18. The first-order chi connectivity index (χ1) is 13.7. The summed E-state index contributed by atoms with van der Waals surface area (Å²) in [4.78, 5) is 19.6. The van der Waals surface area contributed by atoms with E-state index < -0.39 is 11.1 Å². The number of carbonyl (C=O) groups excluding carboxylic acids is 1. The van der Waals surface area contributed by atoms with Crippen LogP contribution in [0.3, 0.4) is 0 Å². The summed E-state index contributed by atoms with van der Waals surface area (Å²) in [5, 5.41) is 9.99. The van der Waals surface area contributed by atoms with Crippen LogP contribution in [0.15, 0.2) is 17.6 Å². The van der Waals surface area contributed by atoms with E-state index in [1.54, 1.807) is 0 Å². The van der Waals surface area contributed by atoms with Crippen molar-refractivity contribution >= 4 is 12.1 Å². The summed E-state index contributed by atoms with van der Waals surface area (Å²) >= 11 is 0. The number of piperidine rings is 1. The summed E-state index contributed by atoms with van der Waals surface area (Å²) in [6.07, 6.45) is 5.31. The van der Waals surface area contributed by atoms with Gasteiger partial charge in [-0.15, -0.1) is 6.58 Å². The maximum atomic E-state index is 12.3. The van der Waals surface area contributed by atoms with Crippen LogP contribution < -0.4 is 16.0 Å². The lowest BCUT2D eigenvalue weighted by molar-refractivity contribution is 0.0452. The molecular formula is C22H43N5O2. The summed E-state index contributed by atoms with van der Waals surface area (Å²) in [5.74, 6) is 0.812. The van der Waals surface area contributed by atoms with Gasteiger partial charge in [0, 0.05) is 32.2 Å². The Morgan fingerprint density at radius 3 is 2.31 bits per heavy atom. The second-order valence-electron chi connectivity index (χ2n) is 8.82. The van der Waals surface area contributed by atoms with Crippen molar-refractivity contribution in [2.24, 2.45) is 4.99 Å². The predicted octanol–water partition coefficient (Wildman–Crippen LogP) is 3.28. The molecule has 29 heavy (non-hydrogen) atoms. The Hall–Kier alpha value is -1.76. The summed E-state index contributed by atoms with van der Waals surface area (Å²) in [6.45, 7) is 20.0. The zero-order chi connectivity index (χ0) is 21.9. The molecule has 1 aliphatic rings. The maximum Gasteiger partial charge on any atom is 0.408 e. The highest BCUT2D eigenvalue weighted by molar-refractivity contribution is 5.80. The summed E-state index contributed by atoms with van der Waals surface area (Å²) in [7, 11) is 0. The lowest BCUT2D eigenvalue weighted by Gasteiger charge is -2.34. The van der Waals surface area contributed by atoms with Gasteiger partial charge in [-0.25, -0.2) is 4.79 Å². The number of aliphatic imine (C=N–C) groups is 1. The van der Waals surface area contributed by atoms with Gasteiger partial charge in [-0.1, -0.05) is 19.9 Å². The van der Waals surface area contributed by atoms with Crippen LogP contribution in [-0.2, 0) is 4.74 Å². The van der Waals surface area contributed by atoms with Gasteiger partial charge in [0.15, 0.2) is 5.96 Å². The first-order valence-corrected chi connectivity index (χ1v) is 11.1. The van der Waals surface area contributed by atoms with Crippen molar-refractivity contribution in [1.29, 1.82) is 0 Å². The molecule has 1 fully saturated rings. The number of amides is 1. The average Bonchev–Trinajstić information content (AvgIpc) is 2.65. The average molecular weight is 410 g/mol. The molecule has 1 rings (SSSR count). The smallest absolute Gasteiger partial charge is 0.408 e. The Morgan fingerprint density at radius 1 is 1.21 bits per heavy atom. The highest BCUT2D eigenvalue weighted by Gasteiger charge is 2.30. The van der Waals surface area contributed by atoms with Gasteiger partial charge in [-0.05, 0) is 53.4 Å². The Morgan fingerprint density at radius 2 is 1.83 bits per heavy atom. The third kappa shape index (κ3) is 9.52. The van der Waals surface area contributed by atoms with Crippen molar-refractivity contribution in [2.45, 2.75) is 84.4 Å². The molecule has 0 bridgehead atoms. The molecule has 0 aliphatic carbocycles. The summed E-state index contributed by atoms with van der Waals surface area (Å²) < 4.78 is 5.46. The van der Waals surface area contributed by atoms with Crippen LogP contribution in [0.25, 0.3) is 0 Å². The van der Waals surface area contributed by atoms with Gasteiger partial charge < -0.3 is 20.7 Å². The number of hydrogen-bond acceptors (Lipinski definition) is 4. The topological polar surface area (TPSA) is 78.0 Å². The molecule has 0 aromatic heterocycles. The van der Waals surface area contributed by atoms with Crippen LogP contribution >= 0.6 is 0 Å². The lowest BCUT2D eigenvalue weighted by atomic mass is 9.93. The van der Waals surface area contributed by atoms with E-state index in [4.69, 9.17) is 9.73 Å². The van der Waals surface area contributed by atoms with E-state index in [1.165, 1.54) is 0 Å². The molecule has 1 aliphatic heterocycles. The lowest BCUT2D eigenvalue weighted by Crippen LogP contribution is -2.53. The van der Waals surface area contributed by atoms with Crippen LogP contribution in [0, 0.1) is 0 Å². The molecule has 0 radical (unpaired) electrons. The fourth-order valence-corrected chi connectivity index (χ4v) is 3.40. The zero-order valence-electron chi connectivity index (χ0n) is 19.4. The van der Waals surface area contributed by atoms with Crippen LogP contribution in [0.4, 0.5) is 4.79 Å². The summed E-state index contributed by atoms with van der Waals surface area (Å²) in [5.41, 5.74) is -0.935. The van der Waals surface area contributed by atoms with E-state index in [0.717, 1.165) is 57.8 Å². The van der Waals surface area contributed by atoms with Crippen molar-refractivity contribution in [3.8, 4) is 0 Å². The zero-order valence-corrected chi connectivity index (χ0v) is 19.4. The Bertz CT molecular complexity index is 530. The number of nitrogens with one attached hydrogen (secondary N) is 3. The Kier molecular flexibility index (Phi) is 10.5. The minimum atomic E-state index is -0.516. The molecule has 1 saturated heterocycles. The molecule has 0 atom stereocenters. The van der Waals surface area contributed by atoms with E-state index >= 15 is 0 Å². The van der Waals surface area contributed by atoms with Crippen molar-refractivity contribution in [2.75, 3.05) is 32.7 Å². The fraction of sp³-hybridized carbons (Fsp3) is 0.818. The first kappa shape index (κ1) is 25.3. The molecule has 7 nitrogen and oxygen atoms in total. The number of guanidine groups is 1. The van der Waals surface area contributed by atoms with Crippen LogP contribution in [0.5, 0.6) is 0 Å². The number of ether oxygens (including phenoxy) is 1. The van der Waals surface area contributed by atoms with Gasteiger partial charge >= 0.3 is 6.09 Å². The Labute approximate surface area is 177 Å². The van der Waals surface area contributed by atoms with E-state index in [0.29, 0.717) is 12.6 Å². The van der Waals surface area contributed by atoms with Crippen molar-refractivity contribution in [3.63, 3.8) is 0 Å². The van der Waals surface area contributed by atoms with Crippen LogP contribution in [0.1, 0.15) is 67.2 Å². The van der Waals surface area contributed by atoms with Gasteiger partial charge in [0.25, 0.3) is 0 Å². The number of alkyl carbamates (subject to hydrolysis) is 1. The minimum absolute atomic E-state index is 0.385. The van der Waals surface area contributed by atoms with Crippen LogP contribution in [-0.4, -0.2) is 66.9 Å². The highest BCUT2D eigenvalue weighted by atomic mass is 16.6. The van der Waals surface area contributed by atoms with E-state index in [2.05, 4.69) is 48.2 Å². The maximum absolute atomic E-state index is 12.3. The minimum Gasteiger partial charge on any atom is -0.444 e. The van der Waals surface area contributed by atoms with Gasteiger partial charge in [0.1, 0.15) is 5.60 Å². The monoisotopic (exact) mass is 409 g/mol. The van der Waals surface area contributed by atoms with Crippen molar-refractivity contribution < 1.29 is 9.53 Å². The van der Waals surface area contributed by atoms with Gasteiger partial charge in [0.05, 0.1) is 12.1 Å². The van der Waals surface area contributed by atoms with Gasteiger partial charge in [-0.3, -0.25) is 9.89 Å². The van der Waals surface area contributed by atoms with Gasteiger partial charge in [-0.2, -0.15) is 0 Å². The third-order valence-electron chi connectivity index (χ3n) is 5.32. The van der Waals surface area contributed by atoms with E-state index in [1.807, 2.05) is 26.8 Å². The Balaban J connectivity index is 2.74. The largest absolute Gasteiger partial charge is 0.444 e. The second-order valence-corrected chi connectivity index (χ2v) is 8.82. The molecule has 0 spiro atoms. The number of rotatable bonds is 9. The molecule has 168 valence electrons. The van der Waals surface area contributed by atoms with Crippen LogP contribution in [0.2, 0.25) is 0 Å². The second kappa shape index (κ2) is 12.1. The van der Waals surface area contributed by atoms with Crippen molar-refractivity contribution in [3.05, 3.63) is 12.7 Å². The number of carbonyl (C=O) groups is 1. The quantitative estimate of drug-likeness (QED) is 0.309. The van der Waals surface area contributed by atoms with E-state index in [9.17, 15) is 4.79 Å². The molecule has 3 N–H and O–H groups in total. The van der Waals surface area contributed by atoms with Crippen molar-refractivity contribution in [1.82, 2.24) is 20.9 Å². The fourth-order valence-electron chi connectivity index (χ4n) is 3.40. The SMILES string of the molecule is C=CCN1CCC(NC(=NCC(CC)(CC)NC(=O)OC(C)(C)C)NCC)CC1. The van der Waals surface area contributed by atoms with E-state index in [-0.39, 0.29) is 6.09 Å². The predicted molar refractivity (Wildman–Crippen MR) is 121 cm³/mol. The van der Waals surface area contributed by atoms with Gasteiger partial charge in [0.2, 0.25) is 0 Å². The number of hydrogen-bond donors (Lipinski definition) is 3. The number of nitrogens with zero attached hydrogens (tertiary/aromatic N) is 2. The molecular weight excluding hydrogens is 366 g/mol. The molecule has 1 amide bonds. The summed E-state index contributed by atoms with van der Waals surface area (Å²) in [6, 6.07) is 0.408. The molecule has 0 aromatic rings. The standard InChI is InChI=1S/C22H43N5O2/c1-8-14-27-15-12-18(13-16-27)25-19(23-11-4)24-17-22(9-2,10-3)26-20(28)29-21(5,6)7/h8,18H,1,9-17H2,2-7H3,(H,26,28)(H2,23,24,25). The molecule has 0 saturated carbocycles. The third-order valence-corrected chi connectivity index (χ3v) is 5.32.